The van der Waals surface area contributed by atoms with E-state index in [0.29, 0.717) is 0 Å². The third kappa shape index (κ3) is 6.23. The van der Waals surface area contributed by atoms with E-state index in [-0.39, 0.29) is 7.92 Å². The zero-order valence-corrected chi connectivity index (χ0v) is 11.5. The van der Waals surface area contributed by atoms with Crippen LogP contribution in [0.25, 0.3) is 0 Å². The Bertz CT molecular complexity index is 232. The van der Waals surface area contributed by atoms with Crippen molar-refractivity contribution >= 4 is 7.92 Å². The van der Waals surface area contributed by atoms with E-state index in [1.807, 2.05) is 0 Å². The van der Waals surface area contributed by atoms with E-state index in [4.69, 9.17) is 0 Å². The van der Waals surface area contributed by atoms with Crippen molar-refractivity contribution in [2.45, 2.75) is 59.8 Å². The Morgan fingerprint density at radius 1 is 1.13 bits per heavy atom. The molecule has 0 heterocycles. The SMILES string of the molecule is CCC(C)C(CCCC#P=O)C(C)CC. The van der Waals surface area contributed by atoms with E-state index in [1.54, 1.807) is 0 Å². The van der Waals surface area contributed by atoms with E-state index < -0.39 is 0 Å². The molecule has 0 spiro atoms. The summed E-state index contributed by atoms with van der Waals surface area (Å²) in [6.45, 7) is 9.26. The first-order valence-electron chi connectivity index (χ1n) is 6.22. The zero-order valence-electron chi connectivity index (χ0n) is 10.6. The summed E-state index contributed by atoms with van der Waals surface area (Å²) in [6, 6.07) is 0. The summed E-state index contributed by atoms with van der Waals surface area (Å²) in [7, 11) is 0.0662. The van der Waals surface area contributed by atoms with Crippen LogP contribution >= 0.6 is 7.92 Å². The van der Waals surface area contributed by atoms with Crippen LogP contribution in [0.4, 0.5) is 0 Å². The fourth-order valence-corrected chi connectivity index (χ4v) is 2.45. The molecule has 2 heteroatoms. The van der Waals surface area contributed by atoms with Crippen LogP contribution in [0.2, 0.25) is 0 Å². The summed E-state index contributed by atoms with van der Waals surface area (Å²) in [6.07, 6.45) is 5.79. The van der Waals surface area contributed by atoms with Gasteiger partial charge in [0.25, 0.3) is 0 Å². The van der Waals surface area contributed by atoms with Crippen molar-refractivity contribution in [2.24, 2.45) is 17.8 Å². The van der Waals surface area contributed by atoms with E-state index in [1.165, 1.54) is 19.3 Å². The molecule has 0 aliphatic rings. The van der Waals surface area contributed by atoms with Gasteiger partial charge in [0.2, 0.25) is 0 Å². The molecule has 0 radical (unpaired) electrons. The Morgan fingerprint density at radius 3 is 2.07 bits per heavy atom. The van der Waals surface area contributed by atoms with Crippen LogP contribution in [0, 0.1) is 23.4 Å². The molecule has 0 aliphatic heterocycles. The third-order valence-corrected chi connectivity index (χ3v) is 3.99. The van der Waals surface area contributed by atoms with Crippen molar-refractivity contribution in [3.63, 3.8) is 0 Å². The van der Waals surface area contributed by atoms with Gasteiger partial charge in [0, 0.05) is 0 Å². The normalized spacial score (nSPS) is 16.5. The van der Waals surface area contributed by atoms with E-state index in [0.717, 1.165) is 30.6 Å². The summed E-state index contributed by atoms with van der Waals surface area (Å²) in [5.41, 5.74) is 2.83. The van der Waals surface area contributed by atoms with Gasteiger partial charge in [-0.25, -0.2) is 0 Å². The maximum atomic E-state index is 10.2. The van der Waals surface area contributed by atoms with Gasteiger partial charge in [0.15, 0.2) is 0 Å². The molecule has 1 nitrogen and oxygen atoms in total. The molecule has 0 N–H and O–H groups in total. The fraction of sp³-hybridized carbons (Fsp3) is 0.923. The standard InChI is InChI=1S/C13H25OP/c1-5-11(3)13(12(4)6-2)9-7-8-10-15-14/h11-13H,5-9H2,1-4H3. The van der Waals surface area contributed by atoms with Crippen LogP contribution in [0.1, 0.15) is 59.8 Å². The first-order chi connectivity index (χ1) is 7.17. The molecule has 0 saturated heterocycles. The van der Waals surface area contributed by atoms with Crippen LogP contribution < -0.4 is 0 Å². The predicted octanol–water partition coefficient (Wildman–Crippen LogP) is 5.12. The van der Waals surface area contributed by atoms with Gasteiger partial charge in [-0.3, -0.25) is 0 Å². The second-order valence-corrected chi connectivity index (χ2v) is 5.08. The van der Waals surface area contributed by atoms with Gasteiger partial charge < -0.3 is 0 Å². The number of hydrogen-bond donors (Lipinski definition) is 0. The Morgan fingerprint density at radius 2 is 1.67 bits per heavy atom. The van der Waals surface area contributed by atoms with Crippen molar-refractivity contribution in [1.29, 1.82) is 0 Å². The minimum absolute atomic E-state index is 0.0662. The van der Waals surface area contributed by atoms with Crippen molar-refractivity contribution in [3.8, 4) is 5.63 Å². The van der Waals surface area contributed by atoms with Gasteiger partial charge in [-0.2, -0.15) is 0 Å². The van der Waals surface area contributed by atoms with Crippen LogP contribution in [0.15, 0.2) is 0 Å². The Hall–Kier alpha value is 0.01000. The summed E-state index contributed by atoms with van der Waals surface area (Å²) < 4.78 is 10.2. The van der Waals surface area contributed by atoms with Crippen molar-refractivity contribution in [3.05, 3.63) is 0 Å². The maximum absolute atomic E-state index is 10.2. The Kier molecular flexibility index (Phi) is 9.26. The summed E-state index contributed by atoms with van der Waals surface area (Å²) in [4.78, 5) is 0. The minimum atomic E-state index is 0.0662. The van der Waals surface area contributed by atoms with Gasteiger partial charge in [-0.15, -0.1) is 0 Å². The van der Waals surface area contributed by atoms with E-state index in [9.17, 15) is 4.57 Å². The first kappa shape index (κ1) is 15.0. The molecule has 0 saturated carbocycles. The molecular weight excluding hydrogens is 203 g/mol. The Balaban J connectivity index is 4.10. The molecule has 0 aromatic rings. The first-order valence-corrected chi connectivity index (χ1v) is 7.03. The van der Waals surface area contributed by atoms with Crippen LogP contribution in [-0.2, 0) is 4.57 Å². The molecule has 2 unspecified atom stereocenters. The van der Waals surface area contributed by atoms with E-state index >= 15 is 0 Å². The molecule has 0 fully saturated rings. The van der Waals surface area contributed by atoms with Crippen LogP contribution in [0.3, 0.4) is 0 Å². The monoisotopic (exact) mass is 228 g/mol. The second kappa shape index (κ2) is 9.25. The van der Waals surface area contributed by atoms with Gasteiger partial charge in [0.05, 0.1) is 0 Å². The van der Waals surface area contributed by atoms with E-state index in [2.05, 4.69) is 33.3 Å². The zero-order chi connectivity index (χ0) is 11.7. The van der Waals surface area contributed by atoms with Crippen LogP contribution in [0.5, 0.6) is 0 Å². The average Bonchev–Trinajstić information content (AvgIpc) is 2.27. The molecule has 0 aromatic heterocycles. The predicted molar refractivity (Wildman–Crippen MR) is 67.7 cm³/mol. The molecule has 0 amide bonds. The molecule has 0 rings (SSSR count). The summed E-state index contributed by atoms with van der Waals surface area (Å²) in [5.74, 6) is 2.44. The average molecular weight is 228 g/mol. The van der Waals surface area contributed by atoms with Gasteiger partial charge >= 0.3 is 95.7 Å². The third-order valence-electron chi connectivity index (χ3n) is 3.64. The van der Waals surface area contributed by atoms with Crippen molar-refractivity contribution in [1.82, 2.24) is 0 Å². The van der Waals surface area contributed by atoms with Crippen LogP contribution in [-0.4, -0.2) is 0 Å². The second-order valence-electron chi connectivity index (χ2n) is 4.58. The number of rotatable bonds is 7. The molecular formula is C13H25OP. The quantitative estimate of drug-likeness (QED) is 0.437. The molecule has 15 heavy (non-hydrogen) atoms. The topological polar surface area (TPSA) is 17.1 Å². The van der Waals surface area contributed by atoms with Gasteiger partial charge in [-0.05, 0) is 0 Å². The molecule has 0 aromatic carbocycles. The fourth-order valence-electron chi connectivity index (χ4n) is 2.20. The van der Waals surface area contributed by atoms with Gasteiger partial charge in [0.1, 0.15) is 0 Å². The Labute approximate surface area is 96.2 Å². The molecule has 0 bridgehead atoms. The summed E-state index contributed by atoms with van der Waals surface area (Å²) >= 11 is 0. The summed E-state index contributed by atoms with van der Waals surface area (Å²) in [5, 5.41) is 0. The molecule has 0 aliphatic carbocycles. The number of unbranched alkanes of at least 4 members (excludes halogenated alkanes) is 1. The van der Waals surface area contributed by atoms with Gasteiger partial charge in [-0.1, -0.05) is 0 Å². The number of hydrogen-bond acceptors (Lipinski definition) is 1. The molecule has 88 valence electrons. The van der Waals surface area contributed by atoms with Crippen molar-refractivity contribution < 1.29 is 4.57 Å². The van der Waals surface area contributed by atoms with Crippen molar-refractivity contribution in [2.75, 3.05) is 0 Å². The molecule has 2 atom stereocenters.